The Bertz CT molecular complexity index is 5270. The molecule has 3 aliphatic heterocycles. The molecule has 3 spiro atoms. The van der Waals surface area contributed by atoms with E-state index in [9.17, 15) is 97.2 Å². The number of Topliss-reactive ketones (excluding diaryl/α,β-unsaturated/α-hetero) is 3. The minimum Gasteiger partial charge on any atom is -0.363 e. The van der Waals surface area contributed by atoms with Crippen LogP contribution in [0.1, 0.15) is 321 Å². The molecule has 3 unspecified atom stereocenters. The van der Waals surface area contributed by atoms with E-state index in [0.717, 1.165) is 224 Å². The summed E-state index contributed by atoms with van der Waals surface area (Å²) in [6.07, 6.45) is 36.5. The van der Waals surface area contributed by atoms with Crippen LogP contribution in [0.3, 0.4) is 0 Å². The van der Waals surface area contributed by atoms with Gasteiger partial charge in [0, 0.05) is 91.1 Å². The average Bonchev–Trinajstić information content (AvgIpc) is 1.56. The number of carbonyl (C=O) groups excluding carboxylic acids is 15. The number of urea groups is 3. The summed E-state index contributed by atoms with van der Waals surface area (Å²) in [5, 5.41) is 31.9. The number of nitrogens with two attached hydrogens (primary N) is 1. The van der Waals surface area contributed by atoms with Gasteiger partial charge in [-0.3, -0.25) is 57.5 Å². The van der Waals surface area contributed by atoms with E-state index in [1.165, 1.54) is 40.1 Å². The number of likely N-dealkylation sites (N-methyl/N-ethyl adjacent to an activating group) is 3. The number of hydrogen-bond acceptors (Lipinski definition) is 21. The summed E-state index contributed by atoms with van der Waals surface area (Å²) in [5.74, 6) is -6.71. The Kier molecular flexibility index (Phi) is 39.2. The van der Waals surface area contributed by atoms with Crippen LogP contribution >= 0.6 is 0 Å². The van der Waals surface area contributed by atoms with Crippen LogP contribution in [0.25, 0.3) is 0 Å². The monoisotopic (exact) mass is 2160 g/mol. The number of amides is 15. The fourth-order valence-corrected chi connectivity index (χ4v) is 27.6. The lowest BCUT2D eigenvalue weighted by molar-refractivity contribution is -0.145. The van der Waals surface area contributed by atoms with Gasteiger partial charge in [-0.2, -0.15) is 0 Å². The molecule has 150 heavy (non-hydrogen) atoms. The van der Waals surface area contributed by atoms with Crippen LogP contribution in [0.4, 0.5) is 14.4 Å². The van der Waals surface area contributed by atoms with E-state index in [1.807, 2.05) is 83.1 Å². The van der Waals surface area contributed by atoms with Crippen LogP contribution in [0, 0.1) is 91.2 Å². The van der Waals surface area contributed by atoms with E-state index in [-0.39, 0.29) is 126 Å². The van der Waals surface area contributed by atoms with Crippen LogP contribution in [0.5, 0.6) is 0 Å². The maximum absolute atomic E-state index is 15.0. The summed E-state index contributed by atoms with van der Waals surface area (Å²) < 4.78 is 76.9. The fraction of sp³-hybridized carbons (Fsp3) is 0.843. The Morgan fingerprint density at radius 1 is 0.400 bits per heavy atom. The summed E-state index contributed by atoms with van der Waals surface area (Å²) in [6, 6.07) is -11.5. The second kappa shape index (κ2) is 48.9. The number of nitrogens with zero attached hydrogens (tertiary/aromatic N) is 6. The van der Waals surface area contributed by atoms with Gasteiger partial charge in [0.15, 0.2) is 0 Å². The van der Waals surface area contributed by atoms with Crippen molar-refractivity contribution in [3.8, 4) is 0 Å². The van der Waals surface area contributed by atoms with E-state index >= 15 is 0 Å². The predicted molar refractivity (Wildman–Crippen MR) is 569 cm³/mol. The summed E-state index contributed by atoms with van der Waals surface area (Å²) in [7, 11) is -6.08. The van der Waals surface area contributed by atoms with Crippen molar-refractivity contribution < 1.29 is 97.2 Å². The minimum atomic E-state index is -3.50. The molecule has 0 bridgehead atoms. The van der Waals surface area contributed by atoms with Crippen LogP contribution in [-0.4, -0.2) is 306 Å². The molecule has 14 aliphatic rings. The Morgan fingerprint density at radius 3 is 1.04 bits per heavy atom. The lowest BCUT2D eigenvalue weighted by Crippen LogP contribution is -2.63. The van der Waals surface area contributed by atoms with Gasteiger partial charge in [0.05, 0.1) is 36.9 Å². The zero-order valence-electron chi connectivity index (χ0n) is 92.7. The molecule has 0 aromatic heterocycles. The zero-order valence-corrected chi connectivity index (χ0v) is 95.1. The highest BCUT2D eigenvalue weighted by molar-refractivity contribution is 7.88. The molecule has 846 valence electrons. The standard InChI is InChI=1S/3C36H60N6O7S/c1-34(2,3)26(21-41(5)50(6,48)49)39-33(47)40-29(35(4)14-8-7-9-15-35)32(46)42-20-24-23(13-16-36(24)17-18-36)27(42)31(45)38-25(28(43)30(37)44)19-22-11-10-12-22;1-7-11-26(30(43)32(45)37-23-14-15-23)38-31(44)29-24-16-17-36(18-19-36)25(24)20-42(29)33(46)28(22-12-9-8-10-13-22)40-34(47)39-27(35(2,3)4)21-41(5)50(6,48)49;1-8-13-26(30(43)32(45)37-20-9-2)38-31(44)29-24-16-17-36(18-19-36)25(24)21-42(29)33(46)28(23-14-11-10-12-15-23)40-34(47)39-27(35(3,4)5)22-41(6)50(7,48)49/h22-27,29H,7-21H2,1-6H3,(H2,37,44)(H,38,45)(H2,39,40,47);22-29H,7-21H2,1-6H3,(H,37,45)(H,38,44)(H2,39,40,47);9,23-29H,2,8,10-22H2,1,3-7H3,(H,37,45)(H,38,44)(H2,39,40,47)/t23-,24-,25?,26+,27-,29+;2*24-,25-,26?,27+,28-,29-/m000/s1. The van der Waals surface area contributed by atoms with Gasteiger partial charge < -0.3 is 78.9 Å². The summed E-state index contributed by atoms with van der Waals surface area (Å²) in [4.78, 5) is 210. The molecular formula is C108H180N18O21S3. The van der Waals surface area contributed by atoms with Crippen molar-refractivity contribution in [3.63, 3.8) is 0 Å². The van der Waals surface area contributed by atoms with Crippen LogP contribution in [-0.2, 0) is 87.6 Å². The molecule has 0 radical (unpaired) electrons. The lowest BCUT2D eigenvalue weighted by Gasteiger charge is -2.43. The highest BCUT2D eigenvalue weighted by Gasteiger charge is 2.68. The van der Waals surface area contributed by atoms with Crippen molar-refractivity contribution in [3.05, 3.63) is 12.7 Å². The molecule has 18 atom stereocenters. The number of hydrogen-bond donors (Lipinski definition) is 12. The van der Waals surface area contributed by atoms with E-state index in [0.29, 0.717) is 45.3 Å². The van der Waals surface area contributed by atoms with Gasteiger partial charge in [-0.15, -0.1) is 6.58 Å². The van der Waals surface area contributed by atoms with Crippen molar-refractivity contribution in [1.29, 1.82) is 0 Å². The summed E-state index contributed by atoms with van der Waals surface area (Å²) in [5.41, 5.74) is 3.73. The number of primary amides is 1. The van der Waals surface area contributed by atoms with Crippen LogP contribution < -0.4 is 64.2 Å². The minimum absolute atomic E-state index is 0.0158. The number of ketones is 3. The summed E-state index contributed by atoms with van der Waals surface area (Å²) in [6.45, 7) is 28.2. The molecule has 14 fully saturated rings. The molecule has 15 amide bonds. The highest BCUT2D eigenvalue weighted by atomic mass is 32.2. The number of nitrogens with one attached hydrogen (secondary N) is 11. The molecule has 39 nitrogen and oxygen atoms in total. The molecule has 13 N–H and O–H groups in total. The predicted octanol–water partition coefficient (Wildman–Crippen LogP) is 8.08. The molecular weight excluding hydrogens is 1980 g/mol. The first-order valence-corrected chi connectivity index (χ1v) is 61.6. The van der Waals surface area contributed by atoms with Crippen LogP contribution in [0.2, 0.25) is 0 Å². The quantitative estimate of drug-likeness (QED) is 0.0203. The van der Waals surface area contributed by atoms with Crippen molar-refractivity contribution in [2.45, 2.75) is 399 Å². The Morgan fingerprint density at radius 2 is 0.733 bits per heavy atom. The van der Waals surface area contributed by atoms with Crippen molar-refractivity contribution in [2.24, 2.45) is 96.9 Å². The molecule has 3 heterocycles. The van der Waals surface area contributed by atoms with Gasteiger partial charge in [-0.25, -0.2) is 52.6 Å². The zero-order chi connectivity index (χ0) is 110. The van der Waals surface area contributed by atoms with Crippen LogP contribution in [0.15, 0.2) is 12.7 Å². The molecule has 42 heteroatoms. The first kappa shape index (κ1) is 120. The third kappa shape index (κ3) is 29.4. The molecule has 0 aromatic rings. The fourth-order valence-electron chi connectivity index (χ4n) is 26.3. The maximum Gasteiger partial charge on any atom is 0.315 e. The average molecular weight is 2160 g/mol. The van der Waals surface area contributed by atoms with Gasteiger partial charge in [0.1, 0.15) is 36.3 Å². The summed E-state index contributed by atoms with van der Waals surface area (Å²) >= 11 is 0. The number of rotatable bonds is 42. The van der Waals surface area contributed by atoms with Gasteiger partial charge in [0.2, 0.25) is 82.9 Å². The Labute approximate surface area is 891 Å². The largest absolute Gasteiger partial charge is 0.363 e. The van der Waals surface area contributed by atoms with Crippen molar-refractivity contribution in [2.75, 3.05) is 85.7 Å². The van der Waals surface area contributed by atoms with Gasteiger partial charge in [0.25, 0.3) is 17.7 Å². The SMILES string of the molecule is C=CCNC(=O)C(=O)C(CCC)NC(=O)[C@@H]1[C@H]2CCC3(CC3)[C@H]2CN1C(=O)[C@@H](NC(=O)N[C@H](CN(C)S(C)(=O)=O)C(C)(C)C)C1CCCCC1.CCCC(NC(=O)[C@@H]1[C@H]2CCC3(CC3)[C@H]2CN1C(=O)[C@@H](NC(=O)N[C@H](CN(C)S(C)(=O)=O)C(C)(C)C)C1CCCCC1)C(=O)C(=O)NC1CC1.CN(C[C@@H](NC(=O)N[C@H](C(=O)N1C[C@H]2[C@H](CCC23CC3)[C@H]1C(=O)NC(CC1CCC1)C(=O)C(N)=O)C1(C)CCCCC1)C(C)(C)C)S(C)(=O)=O. The number of carbonyl (C=O) groups is 15. The second-order valence-corrected chi connectivity index (χ2v) is 57.2. The van der Waals surface area contributed by atoms with Gasteiger partial charge in [-0.05, 0) is 239 Å². The van der Waals surface area contributed by atoms with E-state index in [4.69, 9.17) is 5.73 Å². The molecule has 3 saturated heterocycles. The van der Waals surface area contributed by atoms with Crippen molar-refractivity contribution >= 4 is 119 Å². The van der Waals surface area contributed by atoms with E-state index < -0.39 is 195 Å². The topological polar surface area (TPSA) is 536 Å². The number of likely N-dealkylation sites (tertiary alicyclic amines) is 3. The van der Waals surface area contributed by atoms with Gasteiger partial charge in [-0.1, -0.05) is 179 Å². The van der Waals surface area contributed by atoms with E-state index in [1.54, 1.807) is 14.7 Å². The number of fused-ring (bicyclic) bond motifs is 6. The van der Waals surface area contributed by atoms with Crippen molar-refractivity contribution in [1.82, 2.24) is 86.1 Å². The first-order valence-electron chi connectivity index (χ1n) is 56.0. The second-order valence-electron chi connectivity index (χ2n) is 51.0. The smallest absolute Gasteiger partial charge is 0.315 e. The lowest BCUT2D eigenvalue weighted by atomic mass is 9.70. The maximum atomic E-state index is 15.0. The normalized spacial score (nSPS) is 26.3. The van der Waals surface area contributed by atoms with E-state index in [2.05, 4.69) is 65.1 Å². The molecule has 11 saturated carbocycles. The third-order valence-electron chi connectivity index (χ3n) is 37.1. The highest BCUT2D eigenvalue weighted by Crippen LogP contribution is 2.69. The third-order valence-corrected chi connectivity index (χ3v) is 40.9. The molecule has 11 aliphatic carbocycles. The molecule has 14 rings (SSSR count). The van der Waals surface area contributed by atoms with Gasteiger partial charge >= 0.3 is 18.1 Å². The Hall–Kier alpha value is -8.48. The first-order chi connectivity index (χ1) is 70.1. The number of sulfonamides is 3. The Balaban J connectivity index is 0.000000199. The molecule has 0 aromatic carbocycles.